The van der Waals surface area contributed by atoms with Gasteiger partial charge in [0.2, 0.25) is 0 Å². The lowest BCUT2D eigenvalue weighted by Crippen LogP contribution is -2.39. The minimum Gasteiger partial charge on any atom is -0.307 e. The molecule has 3 atom stereocenters. The molecule has 1 fully saturated rings. The molecule has 0 spiro atoms. The first kappa shape index (κ1) is 15.5. The molecule has 0 aromatic heterocycles. The van der Waals surface area contributed by atoms with Crippen LogP contribution in [0.2, 0.25) is 0 Å². The van der Waals surface area contributed by atoms with Gasteiger partial charge in [0.15, 0.2) is 0 Å². The molecule has 0 saturated heterocycles. The minimum atomic E-state index is 0.402. The van der Waals surface area contributed by atoms with Crippen LogP contribution in [0.4, 0.5) is 0 Å². The fraction of sp³-hybridized carbons (Fsp3) is 0.625. The Morgan fingerprint density at radius 2 is 2.00 bits per heavy atom. The zero-order chi connectivity index (χ0) is 13.8. The SMILES string of the molecule is CCC1CCCCC1NC(C)c1ccc(Br)cc1Br. The molecule has 0 amide bonds. The lowest BCUT2D eigenvalue weighted by molar-refractivity contribution is 0.240. The molecule has 0 heterocycles. The standard InChI is InChI=1S/C16H23Br2N/c1-3-12-6-4-5-7-16(12)19-11(2)14-9-8-13(17)10-15(14)18/h8-12,16,19H,3-7H2,1-2H3. The summed E-state index contributed by atoms with van der Waals surface area (Å²) in [6.07, 6.45) is 6.81. The second-order valence-corrected chi connectivity index (χ2v) is 7.38. The molecule has 0 aliphatic heterocycles. The molecule has 106 valence electrons. The summed E-state index contributed by atoms with van der Waals surface area (Å²) in [5.74, 6) is 0.852. The number of halogens is 2. The molecule has 1 N–H and O–H groups in total. The maximum atomic E-state index is 3.85. The van der Waals surface area contributed by atoms with Crippen LogP contribution in [0.1, 0.15) is 57.6 Å². The van der Waals surface area contributed by atoms with E-state index in [-0.39, 0.29) is 0 Å². The van der Waals surface area contributed by atoms with Gasteiger partial charge < -0.3 is 5.32 Å². The highest BCUT2D eigenvalue weighted by Gasteiger charge is 2.25. The van der Waals surface area contributed by atoms with Crippen LogP contribution in [0.3, 0.4) is 0 Å². The van der Waals surface area contributed by atoms with Gasteiger partial charge in [-0.3, -0.25) is 0 Å². The van der Waals surface area contributed by atoms with Crippen molar-refractivity contribution in [1.82, 2.24) is 5.32 Å². The summed E-state index contributed by atoms with van der Waals surface area (Å²) in [4.78, 5) is 0. The van der Waals surface area contributed by atoms with Gasteiger partial charge in [-0.15, -0.1) is 0 Å². The third-order valence-corrected chi connectivity index (χ3v) is 5.51. The first-order valence-electron chi connectivity index (χ1n) is 7.32. The molecule has 0 bridgehead atoms. The topological polar surface area (TPSA) is 12.0 Å². The number of nitrogens with one attached hydrogen (secondary N) is 1. The second kappa shape index (κ2) is 7.24. The van der Waals surface area contributed by atoms with Crippen molar-refractivity contribution in [1.29, 1.82) is 0 Å². The van der Waals surface area contributed by atoms with Crippen LogP contribution < -0.4 is 5.32 Å². The van der Waals surface area contributed by atoms with Gasteiger partial charge in [0.05, 0.1) is 0 Å². The highest BCUT2D eigenvalue weighted by atomic mass is 79.9. The summed E-state index contributed by atoms with van der Waals surface area (Å²) in [5, 5.41) is 3.85. The van der Waals surface area contributed by atoms with Crippen molar-refractivity contribution < 1.29 is 0 Å². The second-order valence-electron chi connectivity index (χ2n) is 5.61. The zero-order valence-corrected chi connectivity index (χ0v) is 14.9. The van der Waals surface area contributed by atoms with Gasteiger partial charge >= 0.3 is 0 Å². The molecule has 3 unspecified atom stereocenters. The van der Waals surface area contributed by atoms with Crippen molar-refractivity contribution in [3.8, 4) is 0 Å². The summed E-state index contributed by atoms with van der Waals surface area (Å²) >= 11 is 7.19. The predicted molar refractivity (Wildman–Crippen MR) is 89.4 cm³/mol. The highest BCUT2D eigenvalue weighted by Crippen LogP contribution is 2.31. The molecule has 19 heavy (non-hydrogen) atoms. The molecule has 1 aromatic carbocycles. The first-order chi connectivity index (χ1) is 9.11. The normalized spacial score (nSPS) is 25.3. The monoisotopic (exact) mass is 387 g/mol. The molecule has 1 saturated carbocycles. The van der Waals surface area contributed by atoms with Crippen LogP contribution >= 0.6 is 31.9 Å². The van der Waals surface area contributed by atoms with E-state index < -0.39 is 0 Å². The minimum absolute atomic E-state index is 0.402. The van der Waals surface area contributed by atoms with Crippen molar-refractivity contribution in [2.45, 2.75) is 58.0 Å². The van der Waals surface area contributed by atoms with E-state index in [1.807, 2.05) is 0 Å². The van der Waals surface area contributed by atoms with E-state index in [1.54, 1.807) is 0 Å². The van der Waals surface area contributed by atoms with E-state index in [9.17, 15) is 0 Å². The van der Waals surface area contributed by atoms with Crippen molar-refractivity contribution in [3.05, 3.63) is 32.7 Å². The summed E-state index contributed by atoms with van der Waals surface area (Å²) in [5.41, 5.74) is 1.35. The average molecular weight is 389 g/mol. The van der Waals surface area contributed by atoms with Gasteiger partial charge in [-0.2, -0.15) is 0 Å². The lowest BCUT2D eigenvalue weighted by Gasteiger charge is -2.34. The Balaban J connectivity index is 2.05. The van der Waals surface area contributed by atoms with Crippen LogP contribution in [0.25, 0.3) is 0 Å². The largest absolute Gasteiger partial charge is 0.307 e. The van der Waals surface area contributed by atoms with Gasteiger partial charge in [-0.1, -0.05) is 64.1 Å². The maximum Gasteiger partial charge on any atom is 0.0305 e. The van der Waals surface area contributed by atoms with Crippen molar-refractivity contribution in [2.24, 2.45) is 5.92 Å². The molecule has 1 nitrogen and oxygen atoms in total. The van der Waals surface area contributed by atoms with E-state index in [2.05, 4.69) is 69.2 Å². The molecule has 2 rings (SSSR count). The van der Waals surface area contributed by atoms with Crippen LogP contribution in [-0.4, -0.2) is 6.04 Å². The quantitative estimate of drug-likeness (QED) is 0.683. The lowest BCUT2D eigenvalue weighted by atomic mass is 9.82. The Labute approximate surface area is 133 Å². The summed E-state index contributed by atoms with van der Waals surface area (Å²) in [6.45, 7) is 4.60. The third kappa shape index (κ3) is 4.05. The fourth-order valence-electron chi connectivity index (χ4n) is 3.18. The molecule has 1 aromatic rings. The maximum absolute atomic E-state index is 3.85. The van der Waals surface area contributed by atoms with Crippen LogP contribution in [0.5, 0.6) is 0 Å². The van der Waals surface area contributed by atoms with E-state index in [0.29, 0.717) is 12.1 Å². The van der Waals surface area contributed by atoms with Gasteiger partial charge in [-0.25, -0.2) is 0 Å². The van der Waals surface area contributed by atoms with Gasteiger partial charge in [0, 0.05) is 21.0 Å². The Morgan fingerprint density at radius 1 is 1.26 bits per heavy atom. The van der Waals surface area contributed by atoms with Crippen LogP contribution in [0, 0.1) is 5.92 Å². The molecule has 3 heteroatoms. The predicted octanol–water partition coefficient (Wildman–Crippen LogP) is 5.83. The molecular weight excluding hydrogens is 366 g/mol. The van der Waals surface area contributed by atoms with Gasteiger partial charge in [0.1, 0.15) is 0 Å². The number of rotatable bonds is 4. The Hall–Kier alpha value is 0.140. The van der Waals surface area contributed by atoms with Gasteiger partial charge in [-0.05, 0) is 43.4 Å². The zero-order valence-electron chi connectivity index (χ0n) is 11.8. The molecule has 1 aliphatic rings. The first-order valence-corrected chi connectivity index (χ1v) is 8.91. The summed E-state index contributed by atoms with van der Waals surface area (Å²) in [6, 6.07) is 7.54. The number of hydrogen-bond acceptors (Lipinski definition) is 1. The molecule has 0 radical (unpaired) electrons. The average Bonchev–Trinajstić information content (AvgIpc) is 2.39. The highest BCUT2D eigenvalue weighted by molar-refractivity contribution is 9.11. The van der Waals surface area contributed by atoms with E-state index in [1.165, 1.54) is 42.1 Å². The van der Waals surface area contributed by atoms with E-state index >= 15 is 0 Å². The summed E-state index contributed by atoms with van der Waals surface area (Å²) < 4.78 is 2.31. The Bertz CT molecular complexity index is 419. The molecule has 1 aliphatic carbocycles. The van der Waals surface area contributed by atoms with Crippen molar-refractivity contribution in [2.75, 3.05) is 0 Å². The van der Waals surface area contributed by atoms with Crippen LogP contribution in [-0.2, 0) is 0 Å². The Kier molecular flexibility index (Phi) is 5.91. The Morgan fingerprint density at radius 3 is 2.68 bits per heavy atom. The van der Waals surface area contributed by atoms with E-state index in [4.69, 9.17) is 0 Å². The smallest absolute Gasteiger partial charge is 0.0305 e. The van der Waals surface area contributed by atoms with Crippen LogP contribution in [0.15, 0.2) is 27.1 Å². The number of hydrogen-bond donors (Lipinski definition) is 1. The van der Waals surface area contributed by atoms with Crippen molar-refractivity contribution >= 4 is 31.9 Å². The van der Waals surface area contributed by atoms with E-state index in [0.717, 1.165) is 10.4 Å². The molecular formula is C16H23Br2N. The number of benzene rings is 1. The fourth-order valence-corrected chi connectivity index (χ4v) is 4.57. The van der Waals surface area contributed by atoms with Gasteiger partial charge in [0.25, 0.3) is 0 Å². The van der Waals surface area contributed by atoms with Crippen molar-refractivity contribution in [3.63, 3.8) is 0 Å². The summed E-state index contributed by atoms with van der Waals surface area (Å²) in [7, 11) is 0. The third-order valence-electron chi connectivity index (χ3n) is 4.33.